The molecule has 43 heavy (non-hydrogen) atoms. The van der Waals surface area contributed by atoms with Gasteiger partial charge in [-0.1, -0.05) is 38.1 Å². The monoisotopic (exact) mass is 605 g/mol. The van der Waals surface area contributed by atoms with Crippen molar-refractivity contribution in [3.05, 3.63) is 52.9 Å². The molecule has 0 aliphatic carbocycles. The topological polar surface area (TPSA) is 101 Å². The first-order chi connectivity index (χ1) is 20.8. The van der Waals surface area contributed by atoms with Gasteiger partial charge in [0.25, 0.3) is 5.88 Å². The fourth-order valence-electron chi connectivity index (χ4n) is 7.16. The molecule has 5 heterocycles. The van der Waals surface area contributed by atoms with Crippen LogP contribution in [0, 0.1) is 12.8 Å². The van der Waals surface area contributed by atoms with E-state index >= 15 is 0 Å². The van der Waals surface area contributed by atoms with Gasteiger partial charge in [0.05, 0.1) is 22.1 Å². The van der Waals surface area contributed by atoms with E-state index in [0.29, 0.717) is 43.3 Å². The zero-order valence-corrected chi connectivity index (χ0v) is 26.4. The van der Waals surface area contributed by atoms with Crippen molar-refractivity contribution in [1.82, 2.24) is 25.3 Å². The van der Waals surface area contributed by atoms with E-state index in [2.05, 4.69) is 32.5 Å². The zero-order valence-electron chi connectivity index (χ0n) is 25.6. The number of carbonyl (C=O) groups is 2. The normalized spacial score (nSPS) is 23.5. The van der Waals surface area contributed by atoms with Gasteiger partial charge in [0.2, 0.25) is 11.8 Å². The van der Waals surface area contributed by atoms with E-state index in [4.69, 9.17) is 9.26 Å². The minimum atomic E-state index is -0.534. The zero-order chi connectivity index (χ0) is 30.1. The van der Waals surface area contributed by atoms with E-state index in [1.807, 2.05) is 45.3 Å². The van der Waals surface area contributed by atoms with Crippen LogP contribution in [0.4, 0.5) is 0 Å². The van der Waals surface area contributed by atoms with E-state index in [1.165, 1.54) is 19.3 Å². The van der Waals surface area contributed by atoms with Gasteiger partial charge in [-0.05, 0) is 81.1 Å². The van der Waals surface area contributed by atoms with Crippen molar-refractivity contribution < 1.29 is 18.8 Å². The van der Waals surface area contributed by atoms with Gasteiger partial charge >= 0.3 is 0 Å². The third-order valence-corrected chi connectivity index (χ3v) is 10.5. The summed E-state index contributed by atoms with van der Waals surface area (Å²) < 4.78 is 11.7. The molecular formula is C33H43N5O4S. The summed E-state index contributed by atoms with van der Waals surface area (Å²) in [6, 6.07) is 10.4. The number of ether oxygens (including phenoxy) is 1. The van der Waals surface area contributed by atoms with E-state index in [9.17, 15) is 9.59 Å². The molecule has 5 atom stereocenters. The fourth-order valence-corrected chi connectivity index (χ4v) is 7.97. The molecule has 0 spiro atoms. The maximum atomic E-state index is 13.9. The molecular weight excluding hydrogens is 562 g/mol. The van der Waals surface area contributed by atoms with E-state index in [0.717, 1.165) is 41.1 Å². The van der Waals surface area contributed by atoms with Crippen LogP contribution in [0.5, 0.6) is 5.88 Å². The predicted molar refractivity (Wildman–Crippen MR) is 166 cm³/mol. The Morgan fingerprint density at radius 1 is 1.09 bits per heavy atom. The van der Waals surface area contributed by atoms with Crippen LogP contribution in [-0.2, 0) is 9.59 Å². The highest BCUT2D eigenvalue weighted by atomic mass is 32.1. The Labute approximate surface area is 258 Å². The molecule has 0 radical (unpaired) electrons. The number of hydrogen-bond donors (Lipinski definition) is 1. The van der Waals surface area contributed by atoms with E-state index in [1.54, 1.807) is 22.3 Å². The minimum absolute atomic E-state index is 0.0302. The first kappa shape index (κ1) is 29.8. The van der Waals surface area contributed by atoms with Crippen molar-refractivity contribution in [2.24, 2.45) is 5.92 Å². The highest BCUT2D eigenvalue weighted by molar-refractivity contribution is 7.13. The number of aryl methyl sites for hydroxylation is 1. The second-order valence-electron chi connectivity index (χ2n) is 12.7. The molecule has 3 fully saturated rings. The summed E-state index contributed by atoms with van der Waals surface area (Å²) >= 11 is 1.62. The number of thiazole rings is 1. The second kappa shape index (κ2) is 12.8. The molecule has 2 amide bonds. The van der Waals surface area contributed by atoms with Crippen molar-refractivity contribution in [1.29, 1.82) is 0 Å². The SMILES string of the molecule is Cc1ncsc1-c1ccc(C(C)NC(=O)C2CCCN2C(=O)C(c2cc(OCC3CCC4CCCN43)no2)C(C)C)cc1. The Balaban J connectivity index is 1.08. The lowest BCUT2D eigenvalue weighted by atomic mass is 9.91. The minimum Gasteiger partial charge on any atom is -0.474 e. The Morgan fingerprint density at radius 2 is 1.88 bits per heavy atom. The smallest absolute Gasteiger partial charge is 0.254 e. The number of hydrogen-bond acceptors (Lipinski definition) is 8. The molecule has 3 saturated heterocycles. The van der Waals surface area contributed by atoms with Crippen molar-refractivity contribution in [3.63, 3.8) is 0 Å². The van der Waals surface area contributed by atoms with Crippen LogP contribution in [0.3, 0.4) is 0 Å². The van der Waals surface area contributed by atoms with Gasteiger partial charge in [0.1, 0.15) is 18.6 Å². The van der Waals surface area contributed by atoms with E-state index in [-0.39, 0.29) is 23.8 Å². The van der Waals surface area contributed by atoms with Crippen molar-refractivity contribution in [2.75, 3.05) is 19.7 Å². The maximum absolute atomic E-state index is 13.9. The van der Waals surface area contributed by atoms with Crippen LogP contribution in [0.1, 0.15) is 88.3 Å². The Kier molecular flexibility index (Phi) is 8.86. The maximum Gasteiger partial charge on any atom is 0.254 e. The molecule has 1 aromatic carbocycles. The van der Waals surface area contributed by atoms with Crippen LogP contribution in [0.2, 0.25) is 0 Å². The fraction of sp³-hybridized carbons (Fsp3) is 0.576. The lowest BCUT2D eigenvalue weighted by molar-refractivity contribution is -0.141. The van der Waals surface area contributed by atoms with Crippen LogP contribution < -0.4 is 10.1 Å². The molecule has 3 aliphatic rings. The van der Waals surface area contributed by atoms with Crippen LogP contribution >= 0.6 is 11.3 Å². The van der Waals surface area contributed by atoms with Crippen molar-refractivity contribution >= 4 is 23.2 Å². The number of fused-ring (bicyclic) bond motifs is 1. The average molecular weight is 606 g/mol. The van der Waals surface area contributed by atoms with Gasteiger partial charge in [0.15, 0.2) is 5.76 Å². The summed E-state index contributed by atoms with van der Waals surface area (Å²) in [6.07, 6.45) is 6.38. The molecule has 0 bridgehead atoms. The molecule has 9 nitrogen and oxygen atoms in total. The van der Waals surface area contributed by atoms with Crippen LogP contribution in [0.15, 0.2) is 40.4 Å². The summed E-state index contributed by atoms with van der Waals surface area (Å²) in [5, 5.41) is 7.32. The van der Waals surface area contributed by atoms with Crippen LogP contribution in [0.25, 0.3) is 10.4 Å². The molecule has 3 aliphatic heterocycles. The number of likely N-dealkylation sites (tertiary alicyclic amines) is 1. The van der Waals surface area contributed by atoms with Gasteiger partial charge < -0.3 is 19.5 Å². The number of rotatable bonds is 10. The standard InChI is InChI=1S/C33H43N5O4S/c1-20(2)30(28-17-29(36-42-28)41-18-26-14-13-25-7-5-15-37(25)26)33(40)38-16-6-8-27(38)32(39)35-21(3)23-9-11-24(12-10-23)31-22(4)34-19-43-31/h9-12,17,19-21,25-27,30H,5-8,13-16,18H2,1-4H3,(H,35,39). The lowest BCUT2D eigenvalue weighted by Gasteiger charge is -2.29. The second-order valence-corrected chi connectivity index (χ2v) is 13.5. The number of aromatic nitrogens is 2. The van der Waals surface area contributed by atoms with Gasteiger partial charge in [-0.15, -0.1) is 11.3 Å². The molecule has 5 unspecified atom stereocenters. The quantitative estimate of drug-likeness (QED) is 0.316. The molecule has 1 N–H and O–H groups in total. The van der Waals surface area contributed by atoms with Crippen molar-refractivity contribution in [2.45, 2.75) is 96.3 Å². The number of benzene rings is 1. The summed E-state index contributed by atoms with van der Waals surface area (Å²) in [5.74, 6) is 0.142. The predicted octanol–water partition coefficient (Wildman–Crippen LogP) is 5.72. The third kappa shape index (κ3) is 6.22. The largest absolute Gasteiger partial charge is 0.474 e. The van der Waals surface area contributed by atoms with Gasteiger partial charge in [-0.2, -0.15) is 0 Å². The lowest BCUT2D eigenvalue weighted by Crippen LogP contribution is -2.48. The highest BCUT2D eigenvalue weighted by Gasteiger charge is 2.41. The molecule has 0 saturated carbocycles. The summed E-state index contributed by atoms with van der Waals surface area (Å²) in [6.45, 7) is 10.3. The molecule has 230 valence electrons. The Morgan fingerprint density at radius 3 is 2.63 bits per heavy atom. The summed E-state index contributed by atoms with van der Waals surface area (Å²) in [4.78, 5) is 37.2. The van der Waals surface area contributed by atoms with E-state index < -0.39 is 12.0 Å². The molecule has 2 aromatic heterocycles. The highest BCUT2D eigenvalue weighted by Crippen LogP contribution is 2.35. The number of amides is 2. The molecule has 3 aromatic rings. The van der Waals surface area contributed by atoms with Gasteiger partial charge in [-0.25, -0.2) is 4.98 Å². The first-order valence-electron chi connectivity index (χ1n) is 15.8. The van der Waals surface area contributed by atoms with Crippen molar-refractivity contribution in [3.8, 4) is 16.3 Å². The third-order valence-electron chi connectivity index (χ3n) is 9.51. The molecule has 10 heteroatoms. The number of nitrogens with zero attached hydrogens (tertiary/aromatic N) is 4. The number of nitrogens with one attached hydrogen (secondary N) is 1. The Hall–Kier alpha value is -3.24. The summed E-state index contributed by atoms with van der Waals surface area (Å²) in [5.41, 5.74) is 5.01. The Bertz CT molecular complexity index is 1420. The first-order valence-corrected chi connectivity index (χ1v) is 16.6. The van der Waals surface area contributed by atoms with Crippen LogP contribution in [-0.4, -0.2) is 69.6 Å². The molecule has 6 rings (SSSR count). The number of carbonyl (C=O) groups excluding carboxylic acids is 2. The van der Waals surface area contributed by atoms with Gasteiger partial charge in [-0.3, -0.25) is 14.5 Å². The summed E-state index contributed by atoms with van der Waals surface area (Å²) in [7, 11) is 0. The van der Waals surface area contributed by atoms with Gasteiger partial charge in [0, 0.05) is 24.7 Å². The average Bonchev–Trinajstić information content (AvgIpc) is 3.81.